The van der Waals surface area contributed by atoms with Crippen molar-refractivity contribution in [2.45, 2.75) is 12.6 Å². The van der Waals surface area contributed by atoms with Crippen molar-refractivity contribution in [2.24, 2.45) is 0 Å². The van der Waals surface area contributed by atoms with E-state index < -0.39 is 6.04 Å². The zero-order valence-corrected chi connectivity index (χ0v) is 10.9. The van der Waals surface area contributed by atoms with Gasteiger partial charge in [0.25, 0.3) is 5.91 Å². The van der Waals surface area contributed by atoms with Crippen LogP contribution in [0, 0.1) is 0 Å². The molecule has 1 N–H and O–H groups in total. The van der Waals surface area contributed by atoms with Gasteiger partial charge in [-0.1, -0.05) is 36.4 Å². The molecule has 1 aliphatic rings. The lowest BCUT2D eigenvalue weighted by atomic mass is 10.1. The van der Waals surface area contributed by atoms with Gasteiger partial charge >= 0.3 is 6.03 Å². The normalized spacial score (nSPS) is 18.7. The lowest BCUT2D eigenvalue weighted by molar-refractivity contribution is -0.121. The molecule has 5 heteroatoms. The number of nitrogens with one attached hydrogen (secondary N) is 1. The summed E-state index contributed by atoms with van der Waals surface area (Å²) in [4.78, 5) is 26.3. The van der Waals surface area contributed by atoms with Crippen molar-refractivity contribution in [3.63, 3.8) is 0 Å². The molecule has 4 nitrogen and oxygen atoms in total. The molecule has 0 spiro atoms. The second kappa shape index (κ2) is 4.85. The fourth-order valence-electron chi connectivity index (χ4n) is 2.18. The standard InChI is InChI=1S/C14H12N2O2S/c17-13-12(11-7-4-8-19-11)16(14(18)15-13)9-10-5-2-1-3-6-10/h1-8,12H,9H2,(H,15,17,18)/t12-/m1/s1. The summed E-state index contributed by atoms with van der Waals surface area (Å²) in [5, 5.41) is 4.29. The molecule has 0 saturated carbocycles. The first-order chi connectivity index (χ1) is 9.25. The molecule has 1 atom stereocenters. The minimum atomic E-state index is -0.507. The van der Waals surface area contributed by atoms with Gasteiger partial charge in [0, 0.05) is 11.4 Å². The van der Waals surface area contributed by atoms with Crippen LogP contribution in [0.1, 0.15) is 16.5 Å². The van der Waals surface area contributed by atoms with Gasteiger partial charge < -0.3 is 4.90 Å². The van der Waals surface area contributed by atoms with Crippen LogP contribution in [0.15, 0.2) is 47.8 Å². The maximum absolute atomic E-state index is 11.9. The average molecular weight is 272 g/mol. The molecule has 19 heavy (non-hydrogen) atoms. The van der Waals surface area contributed by atoms with Crippen molar-refractivity contribution in [3.05, 3.63) is 58.3 Å². The van der Waals surface area contributed by atoms with Crippen molar-refractivity contribution in [1.29, 1.82) is 0 Å². The summed E-state index contributed by atoms with van der Waals surface area (Å²) in [6.45, 7) is 0.432. The Morgan fingerprint density at radius 3 is 2.58 bits per heavy atom. The van der Waals surface area contributed by atoms with Gasteiger partial charge in [-0.2, -0.15) is 0 Å². The van der Waals surface area contributed by atoms with Crippen molar-refractivity contribution in [2.75, 3.05) is 0 Å². The van der Waals surface area contributed by atoms with E-state index in [2.05, 4.69) is 5.32 Å². The maximum atomic E-state index is 11.9. The Hall–Kier alpha value is -2.14. The monoisotopic (exact) mass is 272 g/mol. The number of hydrogen-bond donors (Lipinski definition) is 1. The van der Waals surface area contributed by atoms with Crippen molar-refractivity contribution < 1.29 is 9.59 Å². The summed E-state index contributed by atoms with van der Waals surface area (Å²) >= 11 is 1.49. The van der Waals surface area contributed by atoms with E-state index in [4.69, 9.17) is 0 Å². The zero-order chi connectivity index (χ0) is 13.2. The van der Waals surface area contributed by atoms with E-state index in [0.29, 0.717) is 6.54 Å². The van der Waals surface area contributed by atoms with Gasteiger partial charge in [0.15, 0.2) is 0 Å². The van der Waals surface area contributed by atoms with Gasteiger partial charge in [-0.05, 0) is 17.0 Å². The summed E-state index contributed by atoms with van der Waals surface area (Å²) in [5.74, 6) is -0.247. The first-order valence-electron chi connectivity index (χ1n) is 5.94. The molecule has 96 valence electrons. The third kappa shape index (κ3) is 2.24. The van der Waals surface area contributed by atoms with Crippen molar-refractivity contribution in [1.82, 2.24) is 10.2 Å². The Balaban J connectivity index is 1.89. The predicted molar refractivity (Wildman–Crippen MR) is 72.6 cm³/mol. The fraction of sp³-hybridized carbons (Fsp3) is 0.143. The lowest BCUT2D eigenvalue weighted by Gasteiger charge is -2.20. The molecule has 3 amide bonds. The van der Waals surface area contributed by atoms with Crippen LogP contribution in [0.3, 0.4) is 0 Å². The Kier molecular flexibility index (Phi) is 3.05. The Morgan fingerprint density at radius 2 is 1.89 bits per heavy atom. The summed E-state index contributed by atoms with van der Waals surface area (Å²) in [5.41, 5.74) is 1.01. The van der Waals surface area contributed by atoms with Crippen LogP contribution >= 0.6 is 11.3 Å². The molecule has 1 aromatic heterocycles. The highest BCUT2D eigenvalue weighted by Crippen LogP contribution is 2.30. The van der Waals surface area contributed by atoms with E-state index in [1.54, 1.807) is 4.90 Å². The first kappa shape index (κ1) is 11.9. The quantitative estimate of drug-likeness (QED) is 0.873. The van der Waals surface area contributed by atoms with E-state index in [0.717, 1.165) is 10.4 Å². The molecule has 0 unspecified atom stereocenters. The molecular weight excluding hydrogens is 260 g/mol. The number of amides is 3. The third-order valence-electron chi connectivity index (χ3n) is 3.06. The first-order valence-corrected chi connectivity index (χ1v) is 6.82. The summed E-state index contributed by atoms with van der Waals surface area (Å²) < 4.78 is 0. The van der Waals surface area contributed by atoms with Gasteiger partial charge in [-0.3, -0.25) is 10.1 Å². The van der Waals surface area contributed by atoms with E-state index in [-0.39, 0.29) is 11.9 Å². The molecule has 1 aromatic carbocycles. The molecule has 3 rings (SSSR count). The molecule has 0 radical (unpaired) electrons. The molecule has 0 bridgehead atoms. The number of carbonyl (C=O) groups is 2. The molecule has 1 fully saturated rings. The number of urea groups is 1. The topological polar surface area (TPSA) is 49.4 Å². The second-order valence-electron chi connectivity index (χ2n) is 4.33. The number of nitrogens with zero attached hydrogens (tertiary/aromatic N) is 1. The van der Waals surface area contributed by atoms with Crippen LogP contribution in [-0.4, -0.2) is 16.8 Å². The van der Waals surface area contributed by atoms with Gasteiger partial charge in [0.05, 0.1) is 0 Å². The van der Waals surface area contributed by atoms with Crippen molar-refractivity contribution in [3.8, 4) is 0 Å². The molecule has 2 heterocycles. The largest absolute Gasteiger partial charge is 0.325 e. The number of rotatable bonds is 3. The number of thiophene rings is 1. The summed E-state index contributed by atoms with van der Waals surface area (Å²) in [6, 6.07) is 12.6. The molecular formula is C14H12N2O2S. The Labute approximate surface area is 114 Å². The van der Waals surface area contributed by atoms with Gasteiger partial charge in [-0.15, -0.1) is 11.3 Å². The molecule has 0 aliphatic carbocycles. The van der Waals surface area contributed by atoms with Crippen LogP contribution in [-0.2, 0) is 11.3 Å². The minimum absolute atomic E-state index is 0.247. The van der Waals surface area contributed by atoms with Crippen LogP contribution in [0.5, 0.6) is 0 Å². The highest BCUT2D eigenvalue weighted by atomic mass is 32.1. The van der Waals surface area contributed by atoms with E-state index in [1.807, 2.05) is 47.8 Å². The van der Waals surface area contributed by atoms with Gasteiger partial charge in [0.1, 0.15) is 6.04 Å². The second-order valence-corrected chi connectivity index (χ2v) is 5.31. The molecule has 1 aliphatic heterocycles. The predicted octanol–water partition coefficient (Wildman–Crippen LogP) is 2.54. The smallest absolute Gasteiger partial charge is 0.303 e. The Morgan fingerprint density at radius 1 is 1.11 bits per heavy atom. The Bertz CT molecular complexity index is 595. The average Bonchev–Trinajstić information content (AvgIpc) is 3.00. The molecule has 2 aromatic rings. The maximum Gasteiger partial charge on any atom is 0.325 e. The molecule has 1 saturated heterocycles. The SMILES string of the molecule is O=C1NC(=O)N(Cc2ccccc2)[C@@H]1c1cccs1. The summed E-state index contributed by atoms with van der Waals surface area (Å²) in [7, 11) is 0. The van der Waals surface area contributed by atoms with Crippen molar-refractivity contribution >= 4 is 23.3 Å². The van der Waals surface area contributed by atoms with Crippen LogP contribution in [0.25, 0.3) is 0 Å². The minimum Gasteiger partial charge on any atom is -0.303 e. The van der Waals surface area contributed by atoms with E-state index >= 15 is 0 Å². The third-order valence-corrected chi connectivity index (χ3v) is 3.98. The van der Waals surface area contributed by atoms with Crippen LogP contribution in [0.2, 0.25) is 0 Å². The summed E-state index contributed by atoms with van der Waals surface area (Å²) in [6.07, 6.45) is 0. The van der Waals surface area contributed by atoms with Gasteiger partial charge in [-0.25, -0.2) is 4.79 Å². The van der Waals surface area contributed by atoms with Crippen LogP contribution < -0.4 is 5.32 Å². The number of hydrogen-bond acceptors (Lipinski definition) is 3. The van der Waals surface area contributed by atoms with Crippen LogP contribution in [0.4, 0.5) is 4.79 Å². The van der Waals surface area contributed by atoms with Gasteiger partial charge in [0.2, 0.25) is 0 Å². The number of carbonyl (C=O) groups excluding carboxylic acids is 2. The number of benzene rings is 1. The number of imide groups is 1. The fourth-order valence-corrected chi connectivity index (χ4v) is 3.01. The zero-order valence-electron chi connectivity index (χ0n) is 10.1. The van der Waals surface area contributed by atoms with E-state index in [1.165, 1.54) is 11.3 Å². The highest BCUT2D eigenvalue weighted by molar-refractivity contribution is 7.10. The highest BCUT2D eigenvalue weighted by Gasteiger charge is 2.39. The lowest BCUT2D eigenvalue weighted by Crippen LogP contribution is -2.29. The van der Waals surface area contributed by atoms with E-state index in [9.17, 15) is 9.59 Å².